The van der Waals surface area contributed by atoms with Gasteiger partial charge in [-0.15, -0.1) is 0 Å². The highest BCUT2D eigenvalue weighted by Gasteiger charge is 2.27. The van der Waals surface area contributed by atoms with Crippen LogP contribution in [0.4, 0.5) is 4.79 Å². The first-order chi connectivity index (χ1) is 6.38. The molecule has 1 atom stereocenters. The Kier molecular flexibility index (Phi) is 7.77. The molecular weight excluding hydrogens is 234 g/mol. The summed E-state index contributed by atoms with van der Waals surface area (Å²) in [4.78, 5) is 11.5. The van der Waals surface area contributed by atoms with Crippen molar-refractivity contribution in [3.63, 3.8) is 0 Å². The van der Waals surface area contributed by atoms with Crippen LogP contribution < -0.4 is 0 Å². The fourth-order valence-corrected chi connectivity index (χ4v) is 1.57. The van der Waals surface area contributed by atoms with Crippen LogP contribution in [0, 0.1) is 0 Å². The number of hydrogen-bond acceptors (Lipinski definition) is 4. The Balaban J connectivity index is 0. The second-order valence-electron chi connectivity index (χ2n) is 4.35. The molecule has 1 aliphatic heterocycles. The lowest BCUT2D eigenvalue weighted by Crippen LogP contribution is -2.37. The molecule has 0 spiro atoms. The van der Waals surface area contributed by atoms with Crippen LogP contribution in [-0.4, -0.2) is 39.6 Å². The monoisotopic (exact) mass is 255 g/mol. The molecule has 0 radical (unpaired) electrons. The maximum atomic E-state index is 11.5. The van der Waals surface area contributed by atoms with E-state index < -0.39 is 5.60 Å². The van der Waals surface area contributed by atoms with E-state index in [1.807, 2.05) is 27.7 Å². The van der Waals surface area contributed by atoms with Crippen molar-refractivity contribution in [2.45, 2.75) is 45.8 Å². The van der Waals surface area contributed by atoms with Gasteiger partial charge < -0.3 is 15.7 Å². The molecule has 1 heterocycles. The van der Waals surface area contributed by atoms with Gasteiger partial charge in [0.05, 0.1) is 6.10 Å². The van der Waals surface area contributed by atoms with Gasteiger partial charge in [-0.05, 0) is 34.1 Å². The summed E-state index contributed by atoms with van der Waals surface area (Å²) in [5.74, 6) is 0. The van der Waals surface area contributed by atoms with Gasteiger partial charge in [-0.2, -0.15) is 0 Å². The summed E-state index contributed by atoms with van der Waals surface area (Å²) >= 11 is 1.08. The fourth-order valence-electron chi connectivity index (χ4n) is 0.944. The first kappa shape index (κ1) is 17.9. The molecule has 0 saturated carbocycles. The Morgan fingerprint density at radius 3 is 2.38 bits per heavy atom. The van der Waals surface area contributed by atoms with E-state index in [0.29, 0.717) is 6.54 Å². The zero-order chi connectivity index (χ0) is 10.8. The van der Waals surface area contributed by atoms with Gasteiger partial charge in [0, 0.05) is 6.54 Å². The predicted molar refractivity (Wildman–Crippen MR) is 62.9 cm³/mol. The molecule has 98 valence electrons. The molecule has 6 nitrogen and oxygen atoms in total. The average molecular weight is 255 g/mol. The molecule has 0 aromatic heterocycles. The third-order valence-electron chi connectivity index (χ3n) is 1.63. The second-order valence-corrected chi connectivity index (χ2v) is 5.13. The number of hydrogen-bond donors (Lipinski definition) is 0. The van der Waals surface area contributed by atoms with Crippen LogP contribution in [0.5, 0.6) is 0 Å². The first-order valence-electron chi connectivity index (χ1n) is 4.72. The summed E-state index contributed by atoms with van der Waals surface area (Å²) < 4.78 is 12.0. The molecule has 7 heteroatoms. The van der Waals surface area contributed by atoms with Gasteiger partial charge in [-0.25, -0.2) is 9.10 Å². The summed E-state index contributed by atoms with van der Waals surface area (Å²) in [5.41, 5.74) is -0.444. The number of carbonyl (C=O) groups is 1. The maximum absolute atomic E-state index is 11.5. The maximum Gasteiger partial charge on any atom is 0.422 e. The first-order valence-corrected chi connectivity index (χ1v) is 5.42. The van der Waals surface area contributed by atoms with Crippen molar-refractivity contribution in [1.82, 2.24) is 4.31 Å². The van der Waals surface area contributed by atoms with Gasteiger partial charge in [0.1, 0.15) is 17.8 Å². The number of rotatable bonds is 0. The number of carbonyl (C=O) groups excluding carboxylic acids is 1. The van der Waals surface area contributed by atoms with Crippen molar-refractivity contribution in [2.75, 3.05) is 6.54 Å². The van der Waals surface area contributed by atoms with E-state index in [2.05, 4.69) is 0 Å². The molecule has 1 unspecified atom stereocenters. The number of nitrogens with zero attached hydrogens (tertiary/aromatic N) is 1. The summed E-state index contributed by atoms with van der Waals surface area (Å²) in [7, 11) is 0. The molecule has 0 aliphatic carbocycles. The largest absolute Gasteiger partial charge is 0.443 e. The minimum absolute atomic E-state index is 0. The smallest absolute Gasteiger partial charge is 0.422 e. The van der Waals surface area contributed by atoms with Gasteiger partial charge in [-0.1, -0.05) is 0 Å². The van der Waals surface area contributed by atoms with Crippen LogP contribution in [0.15, 0.2) is 0 Å². The topological polar surface area (TPSA) is 102 Å². The average Bonchev–Trinajstić information content (AvgIpc) is 2.02. The van der Waals surface area contributed by atoms with Crippen molar-refractivity contribution in [3.8, 4) is 0 Å². The molecule has 1 amide bonds. The van der Waals surface area contributed by atoms with E-state index in [9.17, 15) is 4.79 Å². The van der Waals surface area contributed by atoms with Gasteiger partial charge in [-0.3, -0.25) is 4.18 Å². The molecule has 0 aromatic rings. The highest BCUT2D eigenvalue weighted by Crippen LogP contribution is 2.24. The van der Waals surface area contributed by atoms with Crippen LogP contribution in [0.3, 0.4) is 0 Å². The van der Waals surface area contributed by atoms with Gasteiger partial charge in [0.25, 0.3) is 0 Å². The fraction of sp³-hybridized carbons (Fsp3) is 0.889. The van der Waals surface area contributed by atoms with E-state index in [4.69, 9.17) is 8.92 Å². The van der Waals surface area contributed by atoms with E-state index in [0.717, 1.165) is 18.6 Å². The van der Waals surface area contributed by atoms with Crippen LogP contribution in [-0.2, 0) is 8.92 Å². The quantitative estimate of drug-likeness (QED) is 0.475. The Morgan fingerprint density at radius 2 is 2.00 bits per heavy atom. The van der Waals surface area contributed by atoms with Crippen LogP contribution in [0.25, 0.3) is 0 Å². The molecule has 0 aromatic carbocycles. The lowest BCUT2D eigenvalue weighted by molar-refractivity contribution is 0.0350. The summed E-state index contributed by atoms with van der Waals surface area (Å²) in [6, 6.07) is 0. The molecular formula is C9H21NO5S. The SMILES string of the molecule is CC1CCN(C(=O)OC(C)(C)C)SO1.O.O. The molecule has 0 bridgehead atoms. The molecule has 1 aliphatic rings. The van der Waals surface area contributed by atoms with E-state index in [1.165, 1.54) is 4.31 Å². The van der Waals surface area contributed by atoms with Crippen LogP contribution in [0.2, 0.25) is 0 Å². The van der Waals surface area contributed by atoms with Crippen molar-refractivity contribution >= 4 is 18.3 Å². The summed E-state index contributed by atoms with van der Waals surface area (Å²) in [6.45, 7) is 8.22. The van der Waals surface area contributed by atoms with E-state index in [1.54, 1.807) is 0 Å². The van der Waals surface area contributed by atoms with E-state index >= 15 is 0 Å². The second kappa shape index (κ2) is 6.95. The summed E-state index contributed by atoms with van der Waals surface area (Å²) in [5, 5.41) is 0. The highest BCUT2D eigenvalue weighted by molar-refractivity contribution is 7.92. The lowest BCUT2D eigenvalue weighted by Gasteiger charge is -2.30. The molecule has 4 N–H and O–H groups in total. The van der Waals surface area contributed by atoms with Crippen molar-refractivity contribution in [1.29, 1.82) is 0 Å². The third kappa shape index (κ3) is 6.16. The normalized spacial score (nSPS) is 20.5. The lowest BCUT2D eigenvalue weighted by atomic mass is 10.2. The Labute approximate surface area is 100 Å². The van der Waals surface area contributed by atoms with Gasteiger partial charge >= 0.3 is 6.09 Å². The number of ether oxygens (including phenoxy) is 1. The van der Waals surface area contributed by atoms with Crippen LogP contribution in [0.1, 0.15) is 34.1 Å². The van der Waals surface area contributed by atoms with E-state index in [-0.39, 0.29) is 23.1 Å². The van der Waals surface area contributed by atoms with Gasteiger partial charge in [0.15, 0.2) is 0 Å². The van der Waals surface area contributed by atoms with Crippen LogP contribution >= 0.6 is 12.2 Å². The molecule has 1 saturated heterocycles. The van der Waals surface area contributed by atoms with Crippen molar-refractivity contribution < 1.29 is 24.7 Å². The zero-order valence-electron chi connectivity index (χ0n) is 10.1. The minimum atomic E-state index is -0.444. The Morgan fingerprint density at radius 1 is 1.44 bits per heavy atom. The molecule has 1 fully saturated rings. The zero-order valence-corrected chi connectivity index (χ0v) is 10.9. The standard InChI is InChI=1S/C9H17NO3S.2H2O/c1-7-5-6-10(14-13-7)8(11)12-9(2,3)4;;/h7H,5-6H2,1-4H3;2*1H2. The molecule has 1 rings (SSSR count). The van der Waals surface area contributed by atoms with Crippen molar-refractivity contribution in [2.24, 2.45) is 0 Å². The molecule has 16 heavy (non-hydrogen) atoms. The minimum Gasteiger partial charge on any atom is -0.443 e. The Bertz CT molecular complexity index is 210. The van der Waals surface area contributed by atoms with Gasteiger partial charge in [0.2, 0.25) is 0 Å². The third-order valence-corrected chi connectivity index (χ3v) is 2.56. The summed E-state index contributed by atoms with van der Waals surface area (Å²) in [6.07, 6.45) is 0.736. The predicted octanol–water partition coefficient (Wildman–Crippen LogP) is 0.946. The van der Waals surface area contributed by atoms with Crippen molar-refractivity contribution in [3.05, 3.63) is 0 Å². The number of amides is 1. The highest BCUT2D eigenvalue weighted by atomic mass is 32.2. The Hall–Kier alpha value is -0.500.